The van der Waals surface area contributed by atoms with E-state index in [1.165, 1.54) is 6.42 Å². The van der Waals surface area contributed by atoms with Gasteiger partial charge in [0, 0.05) is 36.4 Å². The first-order valence-electron chi connectivity index (χ1n) is 9.37. The van der Waals surface area contributed by atoms with Gasteiger partial charge in [-0.1, -0.05) is 39.5 Å². The van der Waals surface area contributed by atoms with Crippen LogP contribution in [0.4, 0.5) is 0 Å². The molecule has 3 heterocycles. The second kappa shape index (κ2) is 7.14. The van der Waals surface area contributed by atoms with E-state index in [4.69, 9.17) is 0 Å². The summed E-state index contributed by atoms with van der Waals surface area (Å²) in [5.41, 5.74) is 0.637. The second-order valence-corrected chi connectivity index (χ2v) is 9.21. The van der Waals surface area contributed by atoms with Gasteiger partial charge in [0.05, 0.1) is 11.6 Å². The van der Waals surface area contributed by atoms with E-state index in [0.29, 0.717) is 18.3 Å². The molecule has 0 aromatic carbocycles. The second-order valence-electron chi connectivity index (χ2n) is 8.22. The topological polar surface area (TPSA) is 55.2 Å². The fraction of sp³-hybridized carbons (Fsp3) is 0.737. The average molecular weight is 364 g/mol. The molecule has 1 amide bonds. The standard InChI is InChI=1S/C19H29N3O2S/c1-5-14-8-6-7-9-21(14)17(24)13-11-22-16(23)10-15(19(2,3)4)20-18(22)25-12-13/h10,13-14H,5-9,11-12H2,1-4H3. The Balaban J connectivity index is 1.81. The van der Waals surface area contributed by atoms with E-state index in [9.17, 15) is 9.59 Å². The van der Waals surface area contributed by atoms with Crippen LogP contribution in [0.3, 0.4) is 0 Å². The maximum absolute atomic E-state index is 13.0. The molecule has 2 aliphatic rings. The van der Waals surface area contributed by atoms with Gasteiger partial charge in [-0.25, -0.2) is 4.98 Å². The number of amides is 1. The van der Waals surface area contributed by atoms with Crippen LogP contribution in [0, 0.1) is 5.92 Å². The predicted molar refractivity (Wildman–Crippen MR) is 101 cm³/mol. The highest BCUT2D eigenvalue weighted by Gasteiger charge is 2.34. The summed E-state index contributed by atoms with van der Waals surface area (Å²) in [6.07, 6.45) is 4.42. The Hall–Kier alpha value is -1.30. The number of thioether (sulfide) groups is 1. The summed E-state index contributed by atoms with van der Waals surface area (Å²) in [7, 11) is 0. The largest absolute Gasteiger partial charge is 0.339 e. The van der Waals surface area contributed by atoms with Crippen molar-refractivity contribution in [1.82, 2.24) is 14.5 Å². The van der Waals surface area contributed by atoms with Crippen LogP contribution in [0.1, 0.15) is 59.1 Å². The van der Waals surface area contributed by atoms with Crippen molar-refractivity contribution < 1.29 is 4.79 Å². The Labute approximate surface area is 154 Å². The lowest BCUT2D eigenvalue weighted by Crippen LogP contribution is -2.49. The van der Waals surface area contributed by atoms with Crippen molar-refractivity contribution in [2.45, 2.75) is 76.5 Å². The first kappa shape index (κ1) is 18.5. The number of nitrogens with zero attached hydrogens (tertiary/aromatic N) is 3. The monoisotopic (exact) mass is 363 g/mol. The number of likely N-dealkylation sites (tertiary alicyclic amines) is 1. The molecule has 0 bridgehead atoms. The van der Waals surface area contributed by atoms with Crippen LogP contribution >= 0.6 is 11.8 Å². The highest BCUT2D eigenvalue weighted by atomic mass is 32.2. The fourth-order valence-electron chi connectivity index (χ4n) is 3.69. The highest BCUT2D eigenvalue weighted by molar-refractivity contribution is 7.99. The molecule has 2 atom stereocenters. The smallest absolute Gasteiger partial charge is 0.254 e. The van der Waals surface area contributed by atoms with Crippen LogP contribution in [-0.4, -0.2) is 38.7 Å². The molecule has 1 aromatic heterocycles. The third-order valence-corrected chi connectivity index (χ3v) is 6.43. The number of fused-ring (bicyclic) bond motifs is 1. The molecule has 138 valence electrons. The fourth-order valence-corrected chi connectivity index (χ4v) is 4.78. The molecule has 1 fully saturated rings. The van der Waals surface area contributed by atoms with Gasteiger partial charge in [-0.15, -0.1) is 0 Å². The summed E-state index contributed by atoms with van der Waals surface area (Å²) in [6.45, 7) is 9.67. The zero-order valence-electron chi connectivity index (χ0n) is 15.7. The third kappa shape index (κ3) is 3.78. The molecular weight excluding hydrogens is 334 g/mol. The first-order chi connectivity index (χ1) is 11.8. The van der Waals surface area contributed by atoms with Crippen molar-refractivity contribution in [3.05, 3.63) is 22.1 Å². The zero-order chi connectivity index (χ0) is 18.2. The van der Waals surface area contributed by atoms with Gasteiger partial charge in [0.25, 0.3) is 5.56 Å². The Bertz CT molecular complexity index is 708. The van der Waals surface area contributed by atoms with E-state index < -0.39 is 0 Å². The minimum Gasteiger partial charge on any atom is -0.339 e. The minimum atomic E-state index is -0.149. The highest BCUT2D eigenvalue weighted by Crippen LogP contribution is 2.30. The summed E-state index contributed by atoms with van der Waals surface area (Å²) in [4.78, 5) is 32.4. The van der Waals surface area contributed by atoms with Crippen LogP contribution in [0.2, 0.25) is 0 Å². The predicted octanol–water partition coefficient (Wildman–Crippen LogP) is 3.05. The minimum absolute atomic E-state index is 0.0365. The lowest BCUT2D eigenvalue weighted by molar-refractivity contribution is -0.139. The van der Waals surface area contributed by atoms with Gasteiger partial charge >= 0.3 is 0 Å². The Morgan fingerprint density at radius 3 is 2.80 bits per heavy atom. The van der Waals surface area contributed by atoms with Crippen LogP contribution in [0.15, 0.2) is 16.0 Å². The molecule has 25 heavy (non-hydrogen) atoms. The third-order valence-electron chi connectivity index (χ3n) is 5.29. The van der Waals surface area contributed by atoms with Crippen molar-refractivity contribution in [2.75, 3.05) is 12.3 Å². The van der Waals surface area contributed by atoms with Gasteiger partial charge in [-0.05, 0) is 25.7 Å². The number of hydrogen-bond donors (Lipinski definition) is 0. The van der Waals surface area contributed by atoms with E-state index in [2.05, 4.69) is 37.6 Å². The van der Waals surface area contributed by atoms with Crippen LogP contribution < -0.4 is 5.56 Å². The molecule has 5 nitrogen and oxygen atoms in total. The molecule has 6 heteroatoms. The molecular formula is C19H29N3O2S. The molecule has 0 radical (unpaired) electrons. The normalized spacial score (nSPS) is 24.1. The van der Waals surface area contributed by atoms with E-state index in [0.717, 1.165) is 36.7 Å². The van der Waals surface area contributed by atoms with E-state index >= 15 is 0 Å². The Kier molecular flexibility index (Phi) is 5.28. The lowest BCUT2D eigenvalue weighted by atomic mass is 9.92. The van der Waals surface area contributed by atoms with Gasteiger partial charge in [0.15, 0.2) is 5.16 Å². The van der Waals surface area contributed by atoms with Crippen molar-refractivity contribution in [2.24, 2.45) is 5.92 Å². The molecule has 2 unspecified atom stereocenters. The zero-order valence-corrected chi connectivity index (χ0v) is 16.6. The number of carbonyl (C=O) groups is 1. The SMILES string of the molecule is CCC1CCCCN1C(=O)C1CSc2nc(C(C)(C)C)cc(=O)n2C1. The molecule has 1 saturated heterocycles. The van der Waals surface area contributed by atoms with Crippen LogP contribution in [-0.2, 0) is 16.8 Å². The Morgan fingerprint density at radius 2 is 2.12 bits per heavy atom. The number of hydrogen-bond acceptors (Lipinski definition) is 4. The molecule has 0 saturated carbocycles. The first-order valence-corrected chi connectivity index (χ1v) is 10.4. The lowest BCUT2D eigenvalue weighted by Gasteiger charge is -2.38. The molecule has 0 aliphatic carbocycles. The number of aromatic nitrogens is 2. The number of carbonyl (C=O) groups excluding carboxylic acids is 1. The molecule has 1 aromatic rings. The Morgan fingerprint density at radius 1 is 1.36 bits per heavy atom. The maximum Gasteiger partial charge on any atom is 0.254 e. The molecule has 0 spiro atoms. The van der Waals surface area contributed by atoms with Crippen LogP contribution in [0.5, 0.6) is 0 Å². The van der Waals surface area contributed by atoms with E-state index in [1.807, 2.05) is 0 Å². The van der Waals surface area contributed by atoms with Gasteiger partial charge in [-0.3, -0.25) is 14.2 Å². The summed E-state index contributed by atoms with van der Waals surface area (Å²) in [5.74, 6) is 0.812. The van der Waals surface area contributed by atoms with Gasteiger partial charge in [0.2, 0.25) is 5.91 Å². The summed E-state index contributed by atoms with van der Waals surface area (Å²) in [6, 6.07) is 2.00. The maximum atomic E-state index is 13.0. The quantitative estimate of drug-likeness (QED) is 0.758. The average Bonchev–Trinajstić information content (AvgIpc) is 2.60. The summed E-state index contributed by atoms with van der Waals surface area (Å²) in [5, 5.41) is 0.757. The van der Waals surface area contributed by atoms with E-state index in [1.54, 1.807) is 22.4 Å². The van der Waals surface area contributed by atoms with Crippen molar-refractivity contribution in [3.63, 3.8) is 0 Å². The summed E-state index contributed by atoms with van der Waals surface area (Å²) < 4.78 is 1.69. The van der Waals surface area contributed by atoms with Crippen molar-refractivity contribution >= 4 is 17.7 Å². The van der Waals surface area contributed by atoms with Crippen molar-refractivity contribution in [3.8, 4) is 0 Å². The van der Waals surface area contributed by atoms with Crippen molar-refractivity contribution in [1.29, 1.82) is 0 Å². The molecule has 2 aliphatic heterocycles. The van der Waals surface area contributed by atoms with E-state index in [-0.39, 0.29) is 22.8 Å². The molecule has 0 N–H and O–H groups in total. The van der Waals surface area contributed by atoms with Gasteiger partial charge in [0.1, 0.15) is 0 Å². The summed E-state index contributed by atoms with van der Waals surface area (Å²) >= 11 is 1.55. The molecule has 3 rings (SSSR count). The number of piperidine rings is 1. The number of rotatable bonds is 2. The van der Waals surface area contributed by atoms with Crippen LogP contribution in [0.25, 0.3) is 0 Å². The van der Waals surface area contributed by atoms with Gasteiger partial charge < -0.3 is 4.90 Å². The van der Waals surface area contributed by atoms with Gasteiger partial charge in [-0.2, -0.15) is 0 Å².